The van der Waals surface area contributed by atoms with Crippen molar-refractivity contribution in [3.8, 4) is 0 Å². The van der Waals surface area contributed by atoms with Crippen LogP contribution in [0.25, 0.3) is 6.08 Å². The monoisotopic (exact) mass is 282 g/mol. The lowest BCUT2D eigenvalue weighted by Crippen LogP contribution is -2.48. The highest BCUT2D eigenvalue weighted by atomic mass is 32.2. The first-order valence-electron chi connectivity index (χ1n) is 5.02. The molecule has 18 heavy (non-hydrogen) atoms. The van der Waals surface area contributed by atoms with Gasteiger partial charge in [-0.3, -0.25) is 9.69 Å². The third-order valence-corrected chi connectivity index (χ3v) is 3.70. The predicted molar refractivity (Wildman–Crippen MR) is 68.2 cm³/mol. The normalized spacial score (nSPS) is 19.6. The highest BCUT2D eigenvalue weighted by Crippen LogP contribution is 2.33. The van der Waals surface area contributed by atoms with E-state index in [1.165, 1.54) is 19.3 Å². The van der Waals surface area contributed by atoms with Crippen LogP contribution in [-0.2, 0) is 9.59 Å². The van der Waals surface area contributed by atoms with Crippen molar-refractivity contribution in [2.24, 2.45) is 0 Å². The zero-order valence-electron chi connectivity index (χ0n) is 9.28. The zero-order chi connectivity index (χ0) is 13.3. The standard InChI is InChI=1S/C11H9NO4S2/c1-6(10(14)15)12-9(13)8(18-11(12)17)5-7-3-2-4-16-7/h2-6H,1H3,(H,14,15)/p-1/t6-/m0/s1. The maximum atomic E-state index is 12.0. The van der Waals surface area contributed by atoms with E-state index >= 15 is 0 Å². The molecule has 0 N–H and O–H groups in total. The molecule has 1 aromatic heterocycles. The number of rotatable bonds is 3. The van der Waals surface area contributed by atoms with E-state index in [1.807, 2.05) is 0 Å². The molecule has 0 saturated carbocycles. The molecule has 1 atom stereocenters. The minimum atomic E-state index is -1.34. The van der Waals surface area contributed by atoms with Crippen molar-refractivity contribution >= 4 is 46.3 Å². The second-order valence-electron chi connectivity index (χ2n) is 3.56. The van der Waals surface area contributed by atoms with Gasteiger partial charge in [0.25, 0.3) is 5.91 Å². The van der Waals surface area contributed by atoms with Crippen LogP contribution in [0.3, 0.4) is 0 Å². The number of carboxylic acids is 1. The fourth-order valence-corrected chi connectivity index (χ4v) is 2.82. The van der Waals surface area contributed by atoms with Crippen LogP contribution >= 0.6 is 24.0 Å². The Morgan fingerprint density at radius 3 is 2.94 bits per heavy atom. The number of carboxylic acid groups (broad SMARTS) is 1. The molecule has 0 spiro atoms. The number of amides is 1. The molecule has 7 heteroatoms. The second-order valence-corrected chi connectivity index (χ2v) is 5.24. The van der Waals surface area contributed by atoms with Crippen molar-refractivity contribution in [2.75, 3.05) is 0 Å². The molecule has 2 rings (SSSR count). The average Bonchev–Trinajstić information content (AvgIpc) is 2.88. The maximum Gasteiger partial charge on any atom is 0.266 e. The molecule has 5 nitrogen and oxygen atoms in total. The fourth-order valence-electron chi connectivity index (χ4n) is 1.42. The quantitative estimate of drug-likeness (QED) is 0.597. The molecule has 0 radical (unpaired) electrons. The van der Waals surface area contributed by atoms with E-state index in [1.54, 1.807) is 12.1 Å². The zero-order valence-corrected chi connectivity index (χ0v) is 10.9. The van der Waals surface area contributed by atoms with Crippen molar-refractivity contribution in [3.63, 3.8) is 0 Å². The third kappa shape index (κ3) is 2.32. The molecular formula is C11H8NO4S2-. The summed E-state index contributed by atoms with van der Waals surface area (Å²) in [4.78, 5) is 24.2. The highest BCUT2D eigenvalue weighted by molar-refractivity contribution is 8.26. The van der Waals surface area contributed by atoms with E-state index in [-0.39, 0.29) is 4.32 Å². The van der Waals surface area contributed by atoms with E-state index in [0.717, 1.165) is 16.7 Å². The molecule has 1 fully saturated rings. The van der Waals surface area contributed by atoms with Crippen molar-refractivity contribution in [1.29, 1.82) is 0 Å². The van der Waals surface area contributed by atoms with Crippen molar-refractivity contribution in [3.05, 3.63) is 29.1 Å². The van der Waals surface area contributed by atoms with Gasteiger partial charge < -0.3 is 14.3 Å². The Kier molecular flexibility index (Phi) is 3.53. The van der Waals surface area contributed by atoms with Gasteiger partial charge >= 0.3 is 0 Å². The van der Waals surface area contributed by atoms with E-state index in [4.69, 9.17) is 16.6 Å². The molecule has 2 heterocycles. The van der Waals surface area contributed by atoms with Gasteiger partial charge in [0, 0.05) is 6.08 Å². The van der Waals surface area contributed by atoms with Crippen LogP contribution in [0.5, 0.6) is 0 Å². The molecular weight excluding hydrogens is 274 g/mol. The Bertz CT molecular complexity index is 535. The number of carbonyl (C=O) groups excluding carboxylic acids is 2. The fraction of sp³-hybridized carbons (Fsp3) is 0.182. The van der Waals surface area contributed by atoms with Crippen LogP contribution in [0, 0.1) is 0 Å². The summed E-state index contributed by atoms with van der Waals surface area (Å²) in [6.07, 6.45) is 3.01. The van der Waals surface area contributed by atoms with Gasteiger partial charge in [-0.2, -0.15) is 0 Å². The maximum absolute atomic E-state index is 12.0. The van der Waals surface area contributed by atoms with Gasteiger partial charge in [0.1, 0.15) is 10.1 Å². The number of furan rings is 1. The summed E-state index contributed by atoms with van der Waals surface area (Å²) in [5.74, 6) is -1.28. The molecule has 0 aromatic carbocycles. The summed E-state index contributed by atoms with van der Waals surface area (Å²) in [7, 11) is 0. The first kappa shape index (κ1) is 12.8. The van der Waals surface area contributed by atoms with Gasteiger partial charge in [0.2, 0.25) is 0 Å². The van der Waals surface area contributed by atoms with Crippen LogP contribution in [0.2, 0.25) is 0 Å². The molecule has 1 aromatic rings. The minimum Gasteiger partial charge on any atom is -0.548 e. The highest BCUT2D eigenvalue weighted by Gasteiger charge is 2.35. The van der Waals surface area contributed by atoms with E-state index in [9.17, 15) is 14.7 Å². The Balaban J connectivity index is 2.27. The number of carbonyl (C=O) groups is 2. The summed E-state index contributed by atoms with van der Waals surface area (Å²) in [5.41, 5.74) is 0. The smallest absolute Gasteiger partial charge is 0.266 e. The lowest BCUT2D eigenvalue weighted by molar-refractivity contribution is -0.309. The summed E-state index contributed by atoms with van der Waals surface area (Å²) >= 11 is 6.03. The second kappa shape index (κ2) is 4.95. The van der Waals surface area contributed by atoms with Gasteiger partial charge in [0.05, 0.1) is 23.2 Å². The summed E-state index contributed by atoms with van der Waals surface area (Å²) < 4.78 is 5.29. The topological polar surface area (TPSA) is 73.6 Å². The minimum absolute atomic E-state index is 0.203. The van der Waals surface area contributed by atoms with E-state index in [0.29, 0.717) is 10.7 Å². The van der Waals surface area contributed by atoms with Crippen LogP contribution in [0.15, 0.2) is 27.7 Å². The number of aliphatic carboxylic acids is 1. The predicted octanol–water partition coefficient (Wildman–Crippen LogP) is 0.619. The molecule has 1 aliphatic rings. The van der Waals surface area contributed by atoms with Gasteiger partial charge in [-0.25, -0.2) is 0 Å². The van der Waals surface area contributed by atoms with Crippen molar-refractivity contribution in [2.45, 2.75) is 13.0 Å². The number of hydrogen-bond acceptors (Lipinski definition) is 6. The number of thiocarbonyl (C=S) groups is 1. The molecule has 1 aliphatic heterocycles. The SMILES string of the molecule is C[C@@H](C(=O)[O-])N1C(=O)C(=Cc2ccco2)SC1=S. The lowest BCUT2D eigenvalue weighted by Gasteiger charge is -2.23. The lowest BCUT2D eigenvalue weighted by atomic mass is 10.3. The van der Waals surface area contributed by atoms with E-state index < -0.39 is 17.9 Å². The number of nitrogens with zero attached hydrogens (tertiary/aromatic N) is 1. The van der Waals surface area contributed by atoms with Crippen LogP contribution in [-0.4, -0.2) is 27.1 Å². The summed E-state index contributed by atoms with van der Waals surface area (Å²) in [6.45, 7) is 1.36. The van der Waals surface area contributed by atoms with E-state index in [2.05, 4.69) is 0 Å². The Hall–Kier alpha value is -1.60. The first-order chi connectivity index (χ1) is 8.50. The molecule has 94 valence electrons. The van der Waals surface area contributed by atoms with Crippen LogP contribution in [0.1, 0.15) is 12.7 Å². The van der Waals surface area contributed by atoms with Crippen LogP contribution in [0.4, 0.5) is 0 Å². The van der Waals surface area contributed by atoms with Gasteiger partial charge in [0.15, 0.2) is 0 Å². The van der Waals surface area contributed by atoms with Gasteiger partial charge in [-0.15, -0.1) is 0 Å². The van der Waals surface area contributed by atoms with Crippen molar-refractivity contribution in [1.82, 2.24) is 4.90 Å². The molecule has 1 amide bonds. The van der Waals surface area contributed by atoms with Gasteiger partial charge in [-0.1, -0.05) is 24.0 Å². The molecule has 0 bridgehead atoms. The Morgan fingerprint density at radius 1 is 1.67 bits per heavy atom. The average molecular weight is 282 g/mol. The largest absolute Gasteiger partial charge is 0.548 e. The summed E-state index contributed by atoms with van der Waals surface area (Å²) in [5, 5.41) is 10.8. The molecule has 1 saturated heterocycles. The van der Waals surface area contributed by atoms with Gasteiger partial charge in [-0.05, 0) is 19.1 Å². The number of hydrogen-bond donors (Lipinski definition) is 0. The van der Waals surface area contributed by atoms with Crippen LogP contribution < -0.4 is 5.11 Å². The third-order valence-electron chi connectivity index (χ3n) is 2.37. The first-order valence-corrected chi connectivity index (χ1v) is 6.24. The Labute approximate surface area is 112 Å². The number of thioether (sulfide) groups is 1. The Morgan fingerprint density at radius 2 is 2.39 bits per heavy atom. The van der Waals surface area contributed by atoms with Crippen molar-refractivity contribution < 1.29 is 19.1 Å². The molecule has 0 aliphatic carbocycles. The molecule has 0 unspecified atom stereocenters. The summed E-state index contributed by atoms with van der Waals surface area (Å²) in [6, 6.07) is 2.30.